The summed E-state index contributed by atoms with van der Waals surface area (Å²) in [6.45, 7) is 4.03. The molecule has 0 heterocycles. The Kier molecular flexibility index (Phi) is 46.5. The van der Waals surface area contributed by atoms with Gasteiger partial charge in [-0.1, -0.05) is 228 Å². The highest BCUT2D eigenvalue weighted by Crippen LogP contribution is 2.15. The molecule has 0 aromatic carbocycles. The average Bonchev–Trinajstić information content (AvgIpc) is 3.23. The average molecular weight is 809 g/mol. The lowest BCUT2D eigenvalue weighted by molar-refractivity contribution is -0.161. The van der Waals surface area contributed by atoms with E-state index in [0.29, 0.717) is 12.8 Å². The highest BCUT2D eigenvalue weighted by molar-refractivity contribution is 5.70. The Morgan fingerprint density at radius 1 is 0.414 bits per heavy atom. The summed E-state index contributed by atoms with van der Waals surface area (Å²) in [6, 6.07) is 0. The first-order valence-electron chi connectivity index (χ1n) is 24.5. The lowest BCUT2D eigenvalue weighted by Crippen LogP contribution is -2.28. The van der Waals surface area contributed by atoms with Crippen LogP contribution in [0.5, 0.6) is 0 Å². The summed E-state index contributed by atoms with van der Waals surface area (Å²) >= 11 is 0. The zero-order valence-corrected chi connectivity index (χ0v) is 38.0. The van der Waals surface area contributed by atoms with E-state index in [2.05, 4.69) is 86.8 Å². The minimum atomic E-state index is -0.773. The van der Waals surface area contributed by atoms with Crippen LogP contribution in [-0.2, 0) is 19.1 Å². The molecular weight excluding hydrogens is 717 g/mol. The van der Waals surface area contributed by atoms with Crippen molar-refractivity contribution in [1.82, 2.24) is 0 Å². The van der Waals surface area contributed by atoms with E-state index in [9.17, 15) is 14.7 Å². The summed E-state index contributed by atoms with van der Waals surface area (Å²) in [5.74, 6) is -0.589. The Hall–Kier alpha value is -2.66. The molecule has 5 heteroatoms. The van der Waals surface area contributed by atoms with Crippen molar-refractivity contribution in [3.05, 3.63) is 72.9 Å². The molecule has 334 valence electrons. The molecule has 1 N–H and O–H groups in total. The number of hydrogen-bond acceptors (Lipinski definition) is 5. The highest BCUT2D eigenvalue weighted by atomic mass is 16.6. The van der Waals surface area contributed by atoms with Crippen LogP contribution in [0, 0.1) is 0 Å². The molecule has 0 rings (SSSR count). The van der Waals surface area contributed by atoms with Crippen LogP contribution in [0.2, 0.25) is 0 Å². The van der Waals surface area contributed by atoms with Gasteiger partial charge in [0.25, 0.3) is 0 Å². The lowest BCUT2D eigenvalue weighted by atomic mass is 10.0. The van der Waals surface area contributed by atoms with Gasteiger partial charge in [-0.2, -0.15) is 0 Å². The fourth-order valence-corrected chi connectivity index (χ4v) is 6.85. The molecule has 0 radical (unpaired) electrons. The van der Waals surface area contributed by atoms with Gasteiger partial charge in [-0.25, -0.2) is 0 Å². The zero-order chi connectivity index (χ0) is 42.1. The Morgan fingerprint density at radius 2 is 0.741 bits per heavy atom. The van der Waals surface area contributed by atoms with Gasteiger partial charge >= 0.3 is 11.9 Å². The molecule has 0 saturated carbocycles. The van der Waals surface area contributed by atoms with Gasteiger partial charge in [0.05, 0.1) is 6.61 Å². The number of unbranched alkanes of at least 4 members (excludes halogenated alkanes) is 24. The molecule has 0 aliphatic carbocycles. The molecular formula is C53H92O5. The van der Waals surface area contributed by atoms with E-state index in [1.807, 2.05) is 0 Å². The number of hydrogen-bond donors (Lipinski definition) is 1. The van der Waals surface area contributed by atoms with E-state index < -0.39 is 6.10 Å². The van der Waals surface area contributed by atoms with Crippen LogP contribution in [-0.4, -0.2) is 36.4 Å². The van der Waals surface area contributed by atoms with Crippen LogP contribution in [0.1, 0.15) is 232 Å². The fourth-order valence-electron chi connectivity index (χ4n) is 6.85. The van der Waals surface area contributed by atoms with E-state index in [1.165, 1.54) is 128 Å². The van der Waals surface area contributed by atoms with Crippen molar-refractivity contribution in [2.24, 2.45) is 0 Å². The normalized spacial score (nSPS) is 12.8. The second-order valence-corrected chi connectivity index (χ2v) is 16.2. The van der Waals surface area contributed by atoms with Gasteiger partial charge in [-0.15, -0.1) is 0 Å². The largest absolute Gasteiger partial charge is 0.462 e. The number of aliphatic hydroxyl groups excluding tert-OH is 1. The van der Waals surface area contributed by atoms with Gasteiger partial charge in [0.15, 0.2) is 6.10 Å². The smallest absolute Gasteiger partial charge is 0.306 e. The number of rotatable bonds is 44. The summed E-state index contributed by atoms with van der Waals surface area (Å²) in [5.41, 5.74) is 0. The Bertz CT molecular complexity index is 1050. The first kappa shape index (κ1) is 55.3. The van der Waals surface area contributed by atoms with Crippen LogP contribution in [0.15, 0.2) is 72.9 Å². The summed E-state index contributed by atoms with van der Waals surface area (Å²) in [5, 5.41) is 9.60. The minimum absolute atomic E-state index is 0.0656. The van der Waals surface area contributed by atoms with Crippen molar-refractivity contribution in [3.8, 4) is 0 Å². The molecule has 0 saturated heterocycles. The maximum absolute atomic E-state index is 12.2. The number of esters is 2. The number of allylic oxidation sites excluding steroid dienone is 12. The third kappa shape index (κ3) is 46.0. The molecule has 0 aromatic rings. The third-order valence-electron chi connectivity index (χ3n) is 10.5. The Balaban J connectivity index is 3.51. The minimum Gasteiger partial charge on any atom is -0.462 e. The maximum Gasteiger partial charge on any atom is 0.306 e. The Labute approximate surface area is 359 Å². The first-order valence-corrected chi connectivity index (χ1v) is 24.5. The van der Waals surface area contributed by atoms with Gasteiger partial charge in [0, 0.05) is 12.8 Å². The number of aliphatic hydroxyl groups is 1. The summed E-state index contributed by atoms with van der Waals surface area (Å²) < 4.78 is 10.6. The lowest BCUT2D eigenvalue weighted by Gasteiger charge is -2.15. The molecule has 58 heavy (non-hydrogen) atoms. The van der Waals surface area contributed by atoms with Crippen molar-refractivity contribution in [1.29, 1.82) is 0 Å². The van der Waals surface area contributed by atoms with Gasteiger partial charge in [-0.05, 0) is 64.2 Å². The molecule has 5 nitrogen and oxygen atoms in total. The summed E-state index contributed by atoms with van der Waals surface area (Å²) in [7, 11) is 0. The SMILES string of the molecule is CC/C=C\C/C=C\C/C=C\C/C=C\C/C=C\C/C=C\CCCCCCCCCCCCCCC(=O)OC(CO)COC(=O)CCCCCCCCCCCCCCC. The van der Waals surface area contributed by atoms with Crippen molar-refractivity contribution in [3.63, 3.8) is 0 Å². The van der Waals surface area contributed by atoms with E-state index in [-0.39, 0.29) is 25.2 Å². The van der Waals surface area contributed by atoms with Crippen molar-refractivity contribution < 1.29 is 24.2 Å². The molecule has 1 atom stereocenters. The predicted molar refractivity (Wildman–Crippen MR) is 251 cm³/mol. The molecule has 0 fully saturated rings. The standard InChI is InChI=1S/C53H92O5/c1-3-5-7-9-11-13-15-17-18-19-20-21-22-23-24-25-26-27-28-29-30-31-32-33-34-36-38-40-42-44-46-48-53(56)58-51(49-54)50-57-52(55)47-45-43-41-39-37-35-16-14-12-10-8-6-4-2/h5,7,11,13,17-18,20-21,23-24,26-27,51,54H,3-4,6,8-10,12,14-16,19,22,25,28-50H2,1-2H3/b7-5-,13-11-,18-17-,21-20-,24-23-,27-26-. The van der Waals surface area contributed by atoms with E-state index in [4.69, 9.17) is 9.47 Å². The molecule has 0 spiro atoms. The number of ether oxygens (including phenoxy) is 2. The van der Waals surface area contributed by atoms with Crippen molar-refractivity contribution >= 4 is 11.9 Å². The summed E-state index contributed by atoms with van der Waals surface area (Å²) in [4.78, 5) is 24.4. The second-order valence-electron chi connectivity index (χ2n) is 16.2. The molecule has 0 aliphatic heterocycles. The van der Waals surface area contributed by atoms with Crippen LogP contribution in [0.4, 0.5) is 0 Å². The second kappa shape index (κ2) is 48.7. The predicted octanol–water partition coefficient (Wildman–Crippen LogP) is 16.1. The molecule has 0 amide bonds. The molecule has 0 bridgehead atoms. The molecule has 1 unspecified atom stereocenters. The highest BCUT2D eigenvalue weighted by Gasteiger charge is 2.16. The third-order valence-corrected chi connectivity index (χ3v) is 10.5. The fraction of sp³-hybridized carbons (Fsp3) is 0.736. The van der Waals surface area contributed by atoms with Crippen molar-refractivity contribution in [2.45, 2.75) is 238 Å². The van der Waals surface area contributed by atoms with Crippen LogP contribution < -0.4 is 0 Å². The van der Waals surface area contributed by atoms with Gasteiger partial charge in [0.2, 0.25) is 0 Å². The van der Waals surface area contributed by atoms with Crippen LogP contribution >= 0.6 is 0 Å². The monoisotopic (exact) mass is 809 g/mol. The van der Waals surface area contributed by atoms with E-state index >= 15 is 0 Å². The maximum atomic E-state index is 12.2. The van der Waals surface area contributed by atoms with Gasteiger partial charge < -0.3 is 14.6 Å². The number of carbonyl (C=O) groups excluding carboxylic acids is 2. The zero-order valence-electron chi connectivity index (χ0n) is 38.0. The first-order chi connectivity index (χ1) is 28.6. The van der Waals surface area contributed by atoms with Gasteiger partial charge in [0.1, 0.15) is 6.61 Å². The number of carbonyl (C=O) groups is 2. The van der Waals surface area contributed by atoms with E-state index in [1.54, 1.807) is 0 Å². The molecule has 0 aromatic heterocycles. The topological polar surface area (TPSA) is 72.8 Å². The Morgan fingerprint density at radius 3 is 1.12 bits per heavy atom. The van der Waals surface area contributed by atoms with Gasteiger partial charge in [-0.3, -0.25) is 9.59 Å². The molecule has 0 aliphatic rings. The van der Waals surface area contributed by atoms with Crippen molar-refractivity contribution in [2.75, 3.05) is 13.2 Å². The van der Waals surface area contributed by atoms with E-state index in [0.717, 1.165) is 77.0 Å². The van der Waals surface area contributed by atoms with Crippen LogP contribution in [0.25, 0.3) is 0 Å². The summed E-state index contributed by atoms with van der Waals surface area (Å²) in [6.07, 6.45) is 65.6. The van der Waals surface area contributed by atoms with Crippen LogP contribution in [0.3, 0.4) is 0 Å². The quantitative estimate of drug-likeness (QED) is 0.0377.